The quantitative estimate of drug-likeness (QED) is 0.477. The molecule has 4 aromatic rings. The lowest BCUT2D eigenvalue weighted by atomic mass is 9.94. The number of halogens is 2. The summed E-state index contributed by atoms with van der Waals surface area (Å²) in [7, 11) is 0. The standard InChI is InChI=1S/C26H21F2N3O/c27-18-10-11-21(28)24(14-18)30-26(32)25-19-8-4-5-9-22(19)29-23-12-13-31(16-20(23)25)15-17-6-2-1-3-7-17/h1-11,14H,12-13,15-16H2,(H,30,32). The number of nitrogens with zero attached hydrogens (tertiary/aromatic N) is 2. The molecule has 1 amide bonds. The van der Waals surface area contributed by atoms with Gasteiger partial charge in [-0.05, 0) is 23.8 Å². The van der Waals surface area contributed by atoms with Crippen molar-refractivity contribution >= 4 is 22.5 Å². The predicted molar refractivity (Wildman–Crippen MR) is 120 cm³/mol. The first-order valence-corrected chi connectivity index (χ1v) is 10.5. The number of anilines is 1. The summed E-state index contributed by atoms with van der Waals surface area (Å²) in [5, 5.41) is 3.27. The van der Waals surface area contributed by atoms with E-state index in [0.29, 0.717) is 29.4 Å². The first kappa shape index (κ1) is 20.3. The Labute approximate surface area is 184 Å². The van der Waals surface area contributed by atoms with Crippen molar-refractivity contribution < 1.29 is 13.6 Å². The van der Waals surface area contributed by atoms with Crippen LogP contribution in [-0.2, 0) is 19.5 Å². The topological polar surface area (TPSA) is 45.2 Å². The molecule has 1 aliphatic heterocycles. The lowest BCUT2D eigenvalue weighted by molar-refractivity contribution is 0.102. The van der Waals surface area contributed by atoms with E-state index in [0.717, 1.165) is 42.5 Å². The van der Waals surface area contributed by atoms with Gasteiger partial charge in [-0.25, -0.2) is 8.78 Å². The molecule has 5 rings (SSSR count). The van der Waals surface area contributed by atoms with Gasteiger partial charge in [-0.3, -0.25) is 14.7 Å². The van der Waals surface area contributed by atoms with Gasteiger partial charge in [0.25, 0.3) is 5.91 Å². The molecule has 32 heavy (non-hydrogen) atoms. The molecule has 0 unspecified atom stereocenters. The van der Waals surface area contributed by atoms with Crippen LogP contribution in [0.3, 0.4) is 0 Å². The Morgan fingerprint density at radius 2 is 1.78 bits per heavy atom. The van der Waals surface area contributed by atoms with Crippen LogP contribution in [0.25, 0.3) is 10.9 Å². The molecule has 6 heteroatoms. The highest BCUT2D eigenvalue weighted by Crippen LogP contribution is 2.30. The van der Waals surface area contributed by atoms with Crippen LogP contribution in [0.1, 0.15) is 27.2 Å². The van der Waals surface area contributed by atoms with Gasteiger partial charge < -0.3 is 5.32 Å². The van der Waals surface area contributed by atoms with Crippen LogP contribution in [0, 0.1) is 11.6 Å². The van der Waals surface area contributed by atoms with E-state index in [9.17, 15) is 13.6 Å². The van der Waals surface area contributed by atoms with Crippen LogP contribution in [0.5, 0.6) is 0 Å². The summed E-state index contributed by atoms with van der Waals surface area (Å²) in [5.41, 5.74) is 3.90. The number of carbonyl (C=O) groups is 1. The van der Waals surface area contributed by atoms with Gasteiger partial charge >= 0.3 is 0 Å². The summed E-state index contributed by atoms with van der Waals surface area (Å²) in [5.74, 6) is -1.76. The van der Waals surface area contributed by atoms with Crippen LogP contribution in [-0.4, -0.2) is 22.3 Å². The largest absolute Gasteiger partial charge is 0.319 e. The fraction of sp³-hybridized carbons (Fsp3) is 0.154. The van der Waals surface area contributed by atoms with Gasteiger partial charge in [-0.15, -0.1) is 0 Å². The summed E-state index contributed by atoms with van der Waals surface area (Å²) in [4.78, 5) is 20.5. The minimum atomic E-state index is -0.683. The summed E-state index contributed by atoms with van der Waals surface area (Å²) in [6.45, 7) is 2.13. The second-order valence-corrected chi connectivity index (χ2v) is 7.95. The number of benzene rings is 3. The van der Waals surface area contributed by atoms with Crippen LogP contribution < -0.4 is 5.32 Å². The number of pyridine rings is 1. The molecule has 2 heterocycles. The SMILES string of the molecule is O=C(Nc1cc(F)ccc1F)c1c2c(nc3ccccc13)CCN(Cc1ccccc1)C2. The number of fused-ring (bicyclic) bond motifs is 2. The van der Waals surface area contributed by atoms with Gasteiger partial charge in [0, 0.05) is 48.8 Å². The summed E-state index contributed by atoms with van der Waals surface area (Å²) in [6.07, 6.45) is 0.710. The molecule has 1 aromatic heterocycles. The van der Waals surface area contributed by atoms with E-state index in [1.54, 1.807) is 0 Å². The summed E-state index contributed by atoms with van der Waals surface area (Å²) in [6, 6.07) is 20.6. The maximum Gasteiger partial charge on any atom is 0.256 e. The average Bonchev–Trinajstić information content (AvgIpc) is 2.80. The third-order valence-electron chi connectivity index (χ3n) is 5.78. The minimum Gasteiger partial charge on any atom is -0.319 e. The van der Waals surface area contributed by atoms with Crippen molar-refractivity contribution in [1.82, 2.24) is 9.88 Å². The van der Waals surface area contributed by atoms with Crippen molar-refractivity contribution in [3.05, 3.63) is 107 Å². The van der Waals surface area contributed by atoms with Crippen LogP contribution in [0.15, 0.2) is 72.8 Å². The van der Waals surface area contributed by atoms with Gasteiger partial charge in [0.1, 0.15) is 11.6 Å². The highest BCUT2D eigenvalue weighted by molar-refractivity contribution is 6.13. The normalized spacial score (nSPS) is 13.7. The molecule has 160 valence electrons. The number of nitrogens with one attached hydrogen (secondary N) is 1. The lowest BCUT2D eigenvalue weighted by Crippen LogP contribution is -2.33. The molecule has 1 aliphatic rings. The first-order valence-electron chi connectivity index (χ1n) is 10.5. The lowest BCUT2D eigenvalue weighted by Gasteiger charge is -2.30. The smallest absolute Gasteiger partial charge is 0.256 e. The highest BCUT2D eigenvalue weighted by Gasteiger charge is 2.26. The van der Waals surface area contributed by atoms with Crippen molar-refractivity contribution in [2.45, 2.75) is 19.5 Å². The number of carbonyl (C=O) groups excluding carboxylic acids is 1. The molecule has 4 nitrogen and oxygen atoms in total. The van der Waals surface area contributed by atoms with Crippen LogP contribution in [0.2, 0.25) is 0 Å². The van der Waals surface area contributed by atoms with E-state index in [2.05, 4.69) is 22.3 Å². The van der Waals surface area contributed by atoms with E-state index >= 15 is 0 Å². The Kier molecular flexibility index (Phi) is 5.37. The van der Waals surface area contributed by atoms with Gasteiger partial charge in [0.15, 0.2) is 0 Å². The molecule has 1 N–H and O–H groups in total. The molecular weight excluding hydrogens is 408 g/mol. The van der Waals surface area contributed by atoms with E-state index < -0.39 is 17.5 Å². The molecule has 0 bridgehead atoms. The number of hydrogen-bond donors (Lipinski definition) is 1. The maximum atomic E-state index is 14.2. The third-order valence-corrected chi connectivity index (χ3v) is 5.78. The number of hydrogen-bond acceptors (Lipinski definition) is 3. The Morgan fingerprint density at radius 3 is 2.62 bits per heavy atom. The Hall–Kier alpha value is -3.64. The zero-order valence-corrected chi connectivity index (χ0v) is 17.3. The zero-order valence-electron chi connectivity index (χ0n) is 17.3. The van der Waals surface area contributed by atoms with Gasteiger partial charge in [-0.1, -0.05) is 48.5 Å². The molecular formula is C26H21F2N3O. The molecule has 0 spiro atoms. The zero-order chi connectivity index (χ0) is 22.1. The van der Waals surface area contributed by atoms with E-state index in [4.69, 9.17) is 4.98 Å². The average molecular weight is 429 g/mol. The fourth-order valence-corrected chi connectivity index (χ4v) is 4.26. The van der Waals surface area contributed by atoms with E-state index in [1.807, 2.05) is 42.5 Å². The summed E-state index contributed by atoms with van der Waals surface area (Å²) >= 11 is 0. The van der Waals surface area contributed by atoms with Crippen molar-refractivity contribution in [2.24, 2.45) is 0 Å². The molecule has 0 aliphatic carbocycles. The van der Waals surface area contributed by atoms with Crippen molar-refractivity contribution in [1.29, 1.82) is 0 Å². The summed E-state index contributed by atoms with van der Waals surface area (Å²) < 4.78 is 27.9. The molecule has 0 fully saturated rings. The highest BCUT2D eigenvalue weighted by atomic mass is 19.1. The number of amides is 1. The fourth-order valence-electron chi connectivity index (χ4n) is 4.26. The number of aromatic nitrogens is 1. The molecule has 0 atom stereocenters. The van der Waals surface area contributed by atoms with E-state index in [-0.39, 0.29) is 5.69 Å². The third kappa shape index (κ3) is 3.97. The Morgan fingerprint density at radius 1 is 1.00 bits per heavy atom. The monoisotopic (exact) mass is 429 g/mol. The van der Waals surface area contributed by atoms with Crippen molar-refractivity contribution in [3.63, 3.8) is 0 Å². The van der Waals surface area contributed by atoms with Crippen LogP contribution >= 0.6 is 0 Å². The molecule has 0 radical (unpaired) electrons. The number of para-hydroxylation sites is 1. The van der Waals surface area contributed by atoms with Crippen molar-refractivity contribution in [2.75, 3.05) is 11.9 Å². The predicted octanol–water partition coefficient (Wildman–Crippen LogP) is 5.32. The van der Waals surface area contributed by atoms with E-state index in [1.165, 1.54) is 5.56 Å². The van der Waals surface area contributed by atoms with Gasteiger partial charge in [0.05, 0.1) is 16.8 Å². The Bertz CT molecular complexity index is 1310. The molecule has 3 aromatic carbocycles. The van der Waals surface area contributed by atoms with Crippen LogP contribution in [0.4, 0.5) is 14.5 Å². The Balaban J connectivity index is 1.55. The molecule has 0 saturated heterocycles. The second kappa shape index (κ2) is 8.48. The second-order valence-electron chi connectivity index (χ2n) is 7.95. The van der Waals surface area contributed by atoms with Gasteiger partial charge in [-0.2, -0.15) is 0 Å². The molecule has 0 saturated carbocycles. The van der Waals surface area contributed by atoms with Gasteiger partial charge in [0.2, 0.25) is 0 Å². The number of rotatable bonds is 4. The minimum absolute atomic E-state index is 0.179. The van der Waals surface area contributed by atoms with Crippen molar-refractivity contribution in [3.8, 4) is 0 Å². The first-order chi connectivity index (χ1) is 15.6. The maximum absolute atomic E-state index is 14.2.